The fraction of sp³-hybridized carbons (Fsp3) is 0.0833. The zero-order valence-electron chi connectivity index (χ0n) is 8.55. The Morgan fingerprint density at radius 1 is 1.38 bits per heavy atom. The van der Waals surface area contributed by atoms with Crippen LogP contribution in [0.1, 0.15) is 5.56 Å². The molecule has 1 N–H and O–H groups in total. The first-order valence-corrected chi connectivity index (χ1v) is 4.85. The van der Waals surface area contributed by atoms with Crippen LogP contribution in [-0.4, -0.2) is 21.3 Å². The van der Waals surface area contributed by atoms with Gasteiger partial charge in [-0.15, -0.1) is 0 Å². The normalized spacial score (nSPS) is 11.8. The number of aliphatic hydroxyl groups is 1. The van der Waals surface area contributed by atoms with Crippen LogP contribution in [0.2, 0.25) is 0 Å². The molecule has 0 aliphatic heterocycles. The molecule has 0 amide bonds. The van der Waals surface area contributed by atoms with Gasteiger partial charge in [0, 0.05) is 18.1 Å². The van der Waals surface area contributed by atoms with E-state index < -0.39 is 12.4 Å². The summed E-state index contributed by atoms with van der Waals surface area (Å²) in [5.41, 5.74) is 1.68. The Labute approximate surface area is 92.5 Å². The topological polar surface area (TPSA) is 38.0 Å². The molecule has 0 spiro atoms. The van der Waals surface area contributed by atoms with E-state index in [0.717, 1.165) is 11.3 Å². The van der Waals surface area contributed by atoms with Gasteiger partial charge in [-0.1, -0.05) is 12.1 Å². The van der Waals surface area contributed by atoms with Crippen molar-refractivity contribution < 1.29 is 9.50 Å². The lowest BCUT2D eigenvalue weighted by Gasteiger charge is -2.02. The number of aromatic nitrogens is 2. The highest BCUT2D eigenvalue weighted by Gasteiger charge is 1.96. The van der Waals surface area contributed by atoms with Crippen LogP contribution in [0, 0.1) is 0 Å². The van der Waals surface area contributed by atoms with Crippen LogP contribution >= 0.6 is 0 Å². The molecule has 2 aromatic rings. The van der Waals surface area contributed by atoms with Gasteiger partial charge in [0.25, 0.3) is 0 Å². The van der Waals surface area contributed by atoms with Gasteiger partial charge in [-0.2, -0.15) is 0 Å². The predicted octanol–water partition coefficient (Wildman–Crippen LogP) is 2.17. The quantitative estimate of drug-likeness (QED) is 0.857. The Balaban J connectivity index is 2.23. The van der Waals surface area contributed by atoms with Gasteiger partial charge in [-0.3, -0.25) is 0 Å². The minimum absolute atomic E-state index is 0.546. The van der Waals surface area contributed by atoms with E-state index in [0.29, 0.717) is 0 Å². The van der Waals surface area contributed by atoms with Gasteiger partial charge >= 0.3 is 0 Å². The molecule has 3 nitrogen and oxygen atoms in total. The minimum atomic E-state index is -0.566. The molecule has 0 saturated carbocycles. The second kappa shape index (κ2) is 4.72. The summed E-state index contributed by atoms with van der Waals surface area (Å²) in [6.07, 6.45) is 6.52. The maximum atomic E-state index is 12.8. The minimum Gasteiger partial charge on any atom is -0.389 e. The van der Waals surface area contributed by atoms with E-state index in [9.17, 15) is 4.39 Å². The lowest BCUT2D eigenvalue weighted by Crippen LogP contribution is -1.89. The van der Waals surface area contributed by atoms with Gasteiger partial charge in [0.15, 0.2) is 0 Å². The van der Waals surface area contributed by atoms with E-state index in [2.05, 4.69) is 4.98 Å². The highest BCUT2D eigenvalue weighted by Crippen LogP contribution is 2.12. The standard InChI is InChI=1S/C12H11FN2O/c13-11(8-16)7-10-1-3-12(4-2-10)15-6-5-14-9-15/h1-7,9,16H,8H2. The molecule has 4 heteroatoms. The highest BCUT2D eigenvalue weighted by atomic mass is 19.1. The predicted molar refractivity (Wildman–Crippen MR) is 59.7 cm³/mol. The summed E-state index contributed by atoms with van der Waals surface area (Å²) < 4.78 is 14.6. The first-order valence-electron chi connectivity index (χ1n) is 4.85. The summed E-state index contributed by atoms with van der Waals surface area (Å²) >= 11 is 0. The number of imidazole rings is 1. The first kappa shape index (κ1) is 10.6. The molecule has 1 aromatic heterocycles. The first-order chi connectivity index (χ1) is 7.79. The zero-order valence-corrected chi connectivity index (χ0v) is 8.55. The molecule has 0 aliphatic carbocycles. The lowest BCUT2D eigenvalue weighted by atomic mass is 10.2. The fourth-order valence-electron chi connectivity index (χ4n) is 1.38. The molecule has 0 fully saturated rings. The van der Waals surface area contributed by atoms with Crippen LogP contribution in [0.25, 0.3) is 11.8 Å². The van der Waals surface area contributed by atoms with Crippen LogP contribution in [0.15, 0.2) is 48.8 Å². The molecule has 1 heterocycles. The summed E-state index contributed by atoms with van der Waals surface area (Å²) in [6, 6.07) is 7.28. The summed E-state index contributed by atoms with van der Waals surface area (Å²) in [5, 5.41) is 8.55. The van der Waals surface area contributed by atoms with E-state index in [4.69, 9.17) is 5.11 Å². The maximum absolute atomic E-state index is 12.8. The van der Waals surface area contributed by atoms with Crippen molar-refractivity contribution in [1.29, 1.82) is 0 Å². The Hall–Kier alpha value is -1.94. The smallest absolute Gasteiger partial charge is 0.126 e. The van der Waals surface area contributed by atoms with Crippen LogP contribution in [-0.2, 0) is 0 Å². The molecule has 0 unspecified atom stereocenters. The number of halogens is 1. The molecule has 0 atom stereocenters. The van der Waals surface area contributed by atoms with Crippen LogP contribution in [0.5, 0.6) is 0 Å². The van der Waals surface area contributed by atoms with Gasteiger partial charge in [0.05, 0.1) is 12.9 Å². The van der Waals surface area contributed by atoms with Gasteiger partial charge in [-0.25, -0.2) is 9.37 Å². The fourth-order valence-corrected chi connectivity index (χ4v) is 1.38. The number of hydrogen-bond donors (Lipinski definition) is 1. The van der Waals surface area contributed by atoms with Crippen molar-refractivity contribution in [3.63, 3.8) is 0 Å². The molecule has 16 heavy (non-hydrogen) atoms. The van der Waals surface area contributed by atoms with Crippen molar-refractivity contribution in [3.8, 4) is 5.69 Å². The Kier molecular flexibility index (Phi) is 3.12. The molecule has 82 valence electrons. The van der Waals surface area contributed by atoms with Gasteiger partial charge in [0.1, 0.15) is 5.83 Å². The second-order valence-corrected chi connectivity index (χ2v) is 3.31. The number of nitrogens with zero attached hydrogens (tertiary/aromatic N) is 2. The maximum Gasteiger partial charge on any atom is 0.126 e. The van der Waals surface area contributed by atoms with Gasteiger partial charge < -0.3 is 9.67 Å². The number of hydrogen-bond acceptors (Lipinski definition) is 2. The van der Waals surface area contributed by atoms with Crippen molar-refractivity contribution in [3.05, 3.63) is 54.4 Å². The Morgan fingerprint density at radius 2 is 2.12 bits per heavy atom. The lowest BCUT2D eigenvalue weighted by molar-refractivity contribution is 0.300. The van der Waals surface area contributed by atoms with Crippen molar-refractivity contribution in [2.24, 2.45) is 0 Å². The summed E-state index contributed by atoms with van der Waals surface area (Å²) in [5.74, 6) is -0.546. The van der Waals surface area contributed by atoms with Gasteiger partial charge in [-0.05, 0) is 23.8 Å². The third-order valence-electron chi connectivity index (χ3n) is 2.17. The molecule has 0 saturated heterocycles. The van der Waals surface area contributed by atoms with Crippen molar-refractivity contribution in [2.75, 3.05) is 6.61 Å². The number of benzene rings is 1. The average molecular weight is 218 g/mol. The number of rotatable bonds is 3. The third-order valence-corrected chi connectivity index (χ3v) is 2.17. The molecule has 2 rings (SSSR count). The van der Waals surface area contributed by atoms with E-state index in [1.165, 1.54) is 6.08 Å². The van der Waals surface area contributed by atoms with Crippen LogP contribution in [0.4, 0.5) is 4.39 Å². The van der Waals surface area contributed by atoms with E-state index >= 15 is 0 Å². The van der Waals surface area contributed by atoms with Crippen molar-refractivity contribution in [1.82, 2.24) is 9.55 Å². The van der Waals surface area contributed by atoms with Gasteiger partial charge in [0.2, 0.25) is 0 Å². The summed E-state index contributed by atoms with van der Waals surface area (Å²) in [7, 11) is 0. The van der Waals surface area contributed by atoms with Crippen molar-refractivity contribution in [2.45, 2.75) is 0 Å². The Bertz CT molecular complexity index is 474. The monoisotopic (exact) mass is 218 g/mol. The third kappa shape index (κ3) is 2.35. The largest absolute Gasteiger partial charge is 0.389 e. The van der Waals surface area contributed by atoms with E-state index in [1.54, 1.807) is 24.7 Å². The Morgan fingerprint density at radius 3 is 2.69 bits per heavy atom. The molecule has 0 radical (unpaired) electrons. The molecule has 1 aromatic carbocycles. The molecular weight excluding hydrogens is 207 g/mol. The number of aliphatic hydroxyl groups excluding tert-OH is 1. The zero-order chi connectivity index (χ0) is 11.4. The van der Waals surface area contributed by atoms with Crippen molar-refractivity contribution >= 4 is 6.08 Å². The second-order valence-electron chi connectivity index (χ2n) is 3.31. The summed E-state index contributed by atoms with van der Waals surface area (Å²) in [6.45, 7) is -0.566. The van der Waals surface area contributed by atoms with Crippen LogP contribution in [0.3, 0.4) is 0 Å². The highest BCUT2D eigenvalue weighted by molar-refractivity contribution is 5.53. The summed E-state index contributed by atoms with van der Waals surface area (Å²) in [4.78, 5) is 3.94. The molecule has 0 bridgehead atoms. The van der Waals surface area contributed by atoms with E-state index in [1.807, 2.05) is 22.9 Å². The molecular formula is C12H11FN2O. The van der Waals surface area contributed by atoms with E-state index in [-0.39, 0.29) is 0 Å². The van der Waals surface area contributed by atoms with Crippen LogP contribution < -0.4 is 0 Å². The SMILES string of the molecule is OCC(F)=Cc1ccc(-n2ccnc2)cc1. The molecule has 0 aliphatic rings. The average Bonchev–Trinajstić information content (AvgIpc) is 2.83.